The first kappa shape index (κ1) is 18.4. The van der Waals surface area contributed by atoms with Crippen LogP contribution in [0.1, 0.15) is 21.5 Å². The van der Waals surface area contributed by atoms with Gasteiger partial charge in [-0.3, -0.25) is 14.4 Å². The minimum Gasteiger partial charge on any atom is -0.482 e. The van der Waals surface area contributed by atoms with Crippen LogP contribution in [0, 0.1) is 12.8 Å². The third-order valence-electron chi connectivity index (χ3n) is 4.30. The van der Waals surface area contributed by atoms with Crippen LogP contribution in [0.3, 0.4) is 0 Å². The first-order valence-corrected chi connectivity index (χ1v) is 8.55. The van der Waals surface area contributed by atoms with Crippen molar-refractivity contribution in [1.29, 1.82) is 0 Å². The van der Waals surface area contributed by atoms with Crippen molar-refractivity contribution in [1.82, 2.24) is 5.32 Å². The van der Waals surface area contributed by atoms with E-state index in [1.807, 2.05) is 31.2 Å². The Kier molecular flexibility index (Phi) is 5.40. The predicted octanol–water partition coefficient (Wildman–Crippen LogP) is 2.00. The average molecular weight is 368 g/mol. The number of anilines is 1. The van der Waals surface area contributed by atoms with Gasteiger partial charge >= 0.3 is 5.97 Å². The molecule has 1 aliphatic heterocycles. The second-order valence-electron chi connectivity index (χ2n) is 6.49. The second kappa shape index (κ2) is 7.90. The zero-order valence-corrected chi connectivity index (χ0v) is 14.8. The minimum atomic E-state index is -0.965. The summed E-state index contributed by atoms with van der Waals surface area (Å²) in [5.41, 5.74) is 2.81. The normalized spacial score (nSPS) is 13.7. The smallest absolute Gasteiger partial charge is 0.308 e. The van der Waals surface area contributed by atoms with Crippen LogP contribution >= 0.6 is 0 Å². The molecule has 0 spiro atoms. The number of fused-ring (bicyclic) bond motifs is 1. The van der Waals surface area contributed by atoms with Gasteiger partial charge in [0.05, 0.1) is 11.6 Å². The van der Waals surface area contributed by atoms with Crippen LogP contribution in [0.15, 0.2) is 42.5 Å². The largest absolute Gasteiger partial charge is 0.482 e. The molecular formula is C20H20N2O5. The average Bonchev–Trinajstić information content (AvgIpc) is 2.64. The summed E-state index contributed by atoms with van der Waals surface area (Å²) in [6.07, 6.45) is 0.330. The molecule has 1 aliphatic rings. The van der Waals surface area contributed by atoms with Gasteiger partial charge in [-0.2, -0.15) is 0 Å². The monoisotopic (exact) mass is 368 g/mol. The van der Waals surface area contributed by atoms with Gasteiger partial charge in [0, 0.05) is 12.1 Å². The van der Waals surface area contributed by atoms with Gasteiger partial charge in [-0.25, -0.2) is 0 Å². The lowest BCUT2D eigenvalue weighted by Crippen LogP contribution is -2.34. The van der Waals surface area contributed by atoms with Crippen LogP contribution in [0.4, 0.5) is 5.69 Å². The Bertz CT molecular complexity index is 894. The van der Waals surface area contributed by atoms with Gasteiger partial charge in [-0.1, -0.05) is 29.8 Å². The molecule has 0 aromatic heterocycles. The molecule has 0 fully saturated rings. The molecule has 0 bridgehead atoms. The third kappa shape index (κ3) is 4.63. The Morgan fingerprint density at radius 1 is 1.26 bits per heavy atom. The number of aliphatic carboxylic acids is 1. The molecule has 7 heteroatoms. The summed E-state index contributed by atoms with van der Waals surface area (Å²) in [5, 5.41) is 14.8. The summed E-state index contributed by atoms with van der Waals surface area (Å²) in [4.78, 5) is 35.2. The Morgan fingerprint density at radius 2 is 2.07 bits per heavy atom. The van der Waals surface area contributed by atoms with Crippen LogP contribution < -0.4 is 15.4 Å². The molecule has 2 aromatic rings. The molecular weight excluding hydrogens is 348 g/mol. The highest BCUT2D eigenvalue weighted by Gasteiger charge is 2.21. The van der Waals surface area contributed by atoms with Crippen LogP contribution in [0.2, 0.25) is 0 Å². The first-order chi connectivity index (χ1) is 12.9. The van der Waals surface area contributed by atoms with Gasteiger partial charge in [0.25, 0.3) is 11.8 Å². The van der Waals surface area contributed by atoms with Crippen molar-refractivity contribution < 1.29 is 24.2 Å². The molecule has 1 heterocycles. The van der Waals surface area contributed by atoms with E-state index < -0.39 is 17.8 Å². The van der Waals surface area contributed by atoms with E-state index in [2.05, 4.69) is 10.6 Å². The van der Waals surface area contributed by atoms with Crippen molar-refractivity contribution in [2.75, 3.05) is 18.5 Å². The van der Waals surface area contributed by atoms with Crippen LogP contribution in [0.25, 0.3) is 0 Å². The molecule has 2 amide bonds. The number of carboxylic acid groups (broad SMARTS) is 1. The van der Waals surface area contributed by atoms with Gasteiger partial charge in [0.15, 0.2) is 6.61 Å². The quantitative estimate of drug-likeness (QED) is 0.723. The van der Waals surface area contributed by atoms with Crippen LogP contribution in [0.5, 0.6) is 5.75 Å². The zero-order valence-electron chi connectivity index (χ0n) is 14.8. The Hall–Kier alpha value is -3.35. The molecule has 0 saturated heterocycles. The number of carbonyl (C=O) groups is 3. The van der Waals surface area contributed by atoms with E-state index in [1.54, 1.807) is 12.1 Å². The summed E-state index contributed by atoms with van der Waals surface area (Å²) in [6.45, 7) is 1.86. The van der Waals surface area contributed by atoms with E-state index in [4.69, 9.17) is 4.74 Å². The lowest BCUT2D eigenvalue weighted by molar-refractivity contribution is -0.141. The molecule has 7 nitrogen and oxygen atoms in total. The number of carboxylic acids is 1. The topological polar surface area (TPSA) is 105 Å². The van der Waals surface area contributed by atoms with Crippen molar-refractivity contribution in [3.63, 3.8) is 0 Å². The fourth-order valence-corrected chi connectivity index (χ4v) is 2.90. The van der Waals surface area contributed by atoms with Crippen LogP contribution in [-0.4, -0.2) is 36.0 Å². The molecule has 0 aliphatic carbocycles. The van der Waals surface area contributed by atoms with E-state index in [9.17, 15) is 19.5 Å². The number of amides is 2. The van der Waals surface area contributed by atoms with Gasteiger partial charge in [0.1, 0.15) is 5.75 Å². The highest BCUT2D eigenvalue weighted by atomic mass is 16.5. The maximum absolute atomic E-state index is 12.4. The molecule has 3 N–H and O–H groups in total. The van der Waals surface area contributed by atoms with Crippen molar-refractivity contribution in [3.8, 4) is 5.75 Å². The summed E-state index contributed by atoms with van der Waals surface area (Å²) in [6, 6.07) is 12.3. The molecule has 2 aromatic carbocycles. The number of ether oxygens (including phenoxy) is 1. The summed E-state index contributed by atoms with van der Waals surface area (Å²) in [5.74, 6) is -1.93. The predicted molar refractivity (Wildman–Crippen MR) is 98.9 cm³/mol. The maximum atomic E-state index is 12.4. The number of benzene rings is 2. The SMILES string of the molecule is Cc1cccc(C[C@H](CNC(=O)c2ccc3c(c2)OCC(=O)N3)C(=O)O)c1. The first-order valence-electron chi connectivity index (χ1n) is 8.55. The van der Waals surface area contributed by atoms with Crippen LogP contribution in [-0.2, 0) is 16.0 Å². The Labute approximate surface area is 156 Å². The Balaban J connectivity index is 1.64. The molecule has 3 rings (SSSR count). The molecule has 27 heavy (non-hydrogen) atoms. The fraction of sp³-hybridized carbons (Fsp3) is 0.250. The maximum Gasteiger partial charge on any atom is 0.308 e. The van der Waals surface area contributed by atoms with E-state index in [1.165, 1.54) is 6.07 Å². The van der Waals surface area contributed by atoms with Crippen molar-refractivity contribution >= 4 is 23.5 Å². The van der Waals surface area contributed by atoms with Gasteiger partial charge in [0.2, 0.25) is 0 Å². The fourth-order valence-electron chi connectivity index (χ4n) is 2.90. The number of hydrogen-bond donors (Lipinski definition) is 3. The highest BCUT2D eigenvalue weighted by Crippen LogP contribution is 2.28. The van der Waals surface area contributed by atoms with E-state index >= 15 is 0 Å². The Morgan fingerprint density at radius 3 is 2.81 bits per heavy atom. The zero-order chi connectivity index (χ0) is 19.4. The molecule has 1 atom stereocenters. The van der Waals surface area contributed by atoms with Gasteiger partial charge in [-0.15, -0.1) is 0 Å². The molecule has 0 saturated carbocycles. The number of aryl methyl sites for hydroxylation is 1. The van der Waals surface area contributed by atoms with Gasteiger partial charge in [-0.05, 0) is 37.1 Å². The van der Waals surface area contributed by atoms with E-state index in [0.717, 1.165) is 11.1 Å². The molecule has 0 radical (unpaired) electrons. The number of carbonyl (C=O) groups excluding carboxylic acids is 2. The van der Waals surface area contributed by atoms with E-state index in [-0.39, 0.29) is 19.1 Å². The van der Waals surface area contributed by atoms with Crippen molar-refractivity contribution in [2.24, 2.45) is 5.92 Å². The van der Waals surface area contributed by atoms with E-state index in [0.29, 0.717) is 23.4 Å². The number of nitrogens with one attached hydrogen (secondary N) is 2. The van der Waals surface area contributed by atoms with Crippen molar-refractivity contribution in [3.05, 3.63) is 59.2 Å². The standard InChI is InChI=1S/C20H20N2O5/c1-12-3-2-4-13(7-12)8-15(20(25)26)10-21-19(24)14-5-6-16-17(9-14)27-11-18(23)22-16/h2-7,9,15H,8,10-11H2,1H3,(H,21,24)(H,22,23)(H,25,26)/t15-/m1/s1. The van der Waals surface area contributed by atoms with Gasteiger partial charge < -0.3 is 20.5 Å². The third-order valence-corrected chi connectivity index (χ3v) is 4.30. The van der Waals surface area contributed by atoms with Crippen molar-refractivity contribution in [2.45, 2.75) is 13.3 Å². The number of hydrogen-bond acceptors (Lipinski definition) is 4. The second-order valence-corrected chi connectivity index (χ2v) is 6.49. The molecule has 0 unspecified atom stereocenters. The summed E-state index contributed by atoms with van der Waals surface area (Å²) in [7, 11) is 0. The summed E-state index contributed by atoms with van der Waals surface area (Å²) < 4.78 is 5.29. The highest BCUT2D eigenvalue weighted by molar-refractivity contribution is 5.99. The molecule has 140 valence electrons. The lowest BCUT2D eigenvalue weighted by atomic mass is 9.98. The summed E-state index contributed by atoms with van der Waals surface area (Å²) >= 11 is 0. The minimum absolute atomic E-state index is 0.0107. The number of rotatable bonds is 6. The lowest BCUT2D eigenvalue weighted by Gasteiger charge is -2.18.